The van der Waals surface area contributed by atoms with Crippen molar-refractivity contribution in [3.8, 4) is 0 Å². The Morgan fingerprint density at radius 3 is 2.30 bits per heavy atom. The molecule has 58 valence electrons. The minimum absolute atomic E-state index is 0.496. The van der Waals surface area contributed by atoms with Crippen molar-refractivity contribution in [2.45, 2.75) is 0 Å². The Labute approximate surface area is 60.3 Å². The zero-order valence-electron chi connectivity index (χ0n) is 5.79. The Kier molecular flexibility index (Phi) is 1.41. The van der Waals surface area contributed by atoms with E-state index in [0.717, 1.165) is 13.1 Å². The fourth-order valence-corrected chi connectivity index (χ4v) is 4.49. The van der Waals surface area contributed by atoms with Crippen molar-refractivity contribution in [3.63, 3.8) is 0 Å². The minimum atomic E-state index is -2.66. The van der Waals surface area contributed by atoms with Crippen LogP contribution in [0.25, 0.3) is 0 Å². The van der Waals surface area contributed by atoms with Crippen molar-refractivity contribution >= 4 is 7.37 Å². The van der Waals surface area contributed by atoms with Gasteiger partial charge in [-0.15, -0.1) is 0 Å². The summed E-state index contributed by atoms with van der Waals surface area (Å²) < 4.78 is 11.2. The van der Waals surface area contributed by atoms with Crippen LogP contribution in [-0.2, 0) is 4.57 Å². The van der Waals surface area contributed by atoms with Crippen LogP contribution < -0.4 is 5.32 Å². The Bertz CT molecular complexity index is 178. The van der Waals surface area contributed by atoms with Gasteiger partial charge in [0.15, 0.2) is 0 Å². The summed E-state index contributed by atoms with van der Waals surface area (Å²) in [5.74, 6) is 0.992. The highest BCUT2D eigenvalue weighted by molar-refractivity contribution is 7.58. The molecule has 0 aromatic carbocycles. The van der Waals surface area contributed by atoms with E-state index in [0.29, 0.717) is 24.2 Å². The average Bonchev–Trinajstić information content (AvgIpc) is 2.20. The maximum Gasteiger partial charge on any atom is 0.201 e. The minimum Gasteiger partial charge on any atom is -0.344 e. The molecule has 0 bridgehead atoms. The molecule has 0 aromatic rings. The lowest BCUT2D eigenvalue weighted by atomic mass is 10.0. The molecule has 3 nitrogen and oxygen atoms in total. The molecular formula is C6H12NO2P. The third-order valence-corrected chi connectivity index (χ3v) is 4.60. The summed E-state index contributed by atoms with van der Waals surface area (Å²) in [6.45, 7) is 1.91. The SMILES string of the molecule is O=P1(O)CC2CNCC2C1. The molecule has 4 heteroatoms. The number of nitrogens with one attached hydrogen (secondary N) is 1. The van der Waals surface area contributed by atoms with Crippen LogP contribution in [0, 0.1) is 11.8 Å². The molecule has 2 N–H and O–H groups in total. The lowest BCUT2D eigenvalue weighted by Crippen LogP contribution is -2.11. The fraction of sp³-hybridized carbons (Fsp3) is 1.00. The van der Waals surface area contributed by atoms with Crippen LogP contribution in [-0.4, -0.2) is 30.3 Å². The highest BCUT2D eigenvalue weighted by Gasteiger charge is 2.42. The topological polar surface area (TPSA) is 49.3 Å². The molecule has 2 saturated heterocycles. The summed E-state index contributed by atoms with van der Waals surface area (Å²) in [4.78, 5) is 9.23. The van der Waals surface area contributed by atoms with Crippen LogP contribution in [0.15, 0.2) is 0 Å². The predicted molar refractivity (Wildman–Crippen MR) is 39.4 cm³/mol. The van der Waals surface area contributed by atoms with E-state index in [1.807, 2.05) is 0 Å². The number of rotatable bonds is 0. The Hall–Kier alpha value is 0.150. The number of hydrogen-bond acceptors (Lipinski definition) is 2. The second kappa shape index (κ2) is 2.07. The molecule has 2 heterocycles. The maximum absolute atomic E-state index is 11.2. The van der Waals surface area contributed by atoms with Crippen LogP contribution >= 0.6 is 7.37 Å². The second-order valence-electron chi connectivity index (χ2n) is 3.39. The van der Waals surface area contributed by atoms with Crippen LogP contribution in [0.3, 0.4) is 0 Å². The van der Waals surface area contributed by atoms with Crippen LogP contribution in [0.5, 0.6) is 0 Å². The molecule has 0 aliphatic carbocycles. The van der Waals surface area contributed by atoms with Crippen molar-refractivity contribution < 1.29 is 9.46 Å². The van der Waals surface area contributed by atoms with Crippen LogP contribution in [0.4, 0.5) is 0 Å². The van der Waals surface area contributed by atoms with E-state index in [-0.39, 0.29) is 0 Å². The number of hydrogen-bond donors (Lipinski definition) is 2. The smallest absolute Gasteiger partial charge is 0.201 e. The van der Waals surface area contributed by atoms with Crippen molar-refractivity contribution in [1.29, 1.82) is 0 Å². The van der Waals surface area contributed by atoms with E-state index < -0.39 is 7.37 Å². The normalized spacial score (nSPS) is 53.3. The van der Waals surface area contributed by atoms with Gasteiger partial charge in [0, 0.05) is 12.3 Å². The largest absolute Gasteiger partial charge is 0.344 e. The Balaban J connectivity index is 2.14. The lowest BCUT2D eigenvalue weighted by molar-refractivity contribution is 0.481. The van der Waals surface area contributed by atoms with E-state index in [4.69, 9.17) is 0 Å². The Morgan fingerprint density at radius 1 is 1.30 bits per heavy atom. The highest BCUT2D eigenvalue weighted by Crippen LogP contribution is 2.53. The first-order chi connectivity index (χ1) is 4.67. The van der Waals surface area contributed by atoms with Gasteiger partial charge in [-0.1, -0.05) is 0 Å². The standard InChI is InChI=1S/C6H12NO2P/c8-10(9)3-5-1-7-2-6(5)4-10/h5-7H,1-4H2,(H,8,9). The van der Waals surface area contributed by atoms with Gasteiger partial charge in [0.2, 0.25) is 7.37 Å². The van der Waals surface area contributed by atoms with Gasteiger partial charge < -0.3 is 10.2 Å². The van der Waals surface area contributed by atoms with Gasteiger partial charge in [-0.2, -0.15) is 0 Å². The van der Waals surface area contributed by atoms with Crippen molar-refractivity contribution in [3.05, 3.63) is 0 Å². The molecule has 0 aromatic heterocycles. The van der Waals surface area contributed by atoms with E-state index in [9.17, 15) is 9.46 Å². The summed E-state index contributed by atoms with van der Waals surface area (Å²) in [6.07, 6.45) is 1.12. The van der Waals surface area contributed by atoms with E-state index in [1.165, 1.54) is 0 Å². The first-order valence-electron chi connectivity index (χ1n) is 3.69. The molecule has 2 rings (SSSR count). The first kappa shape index (κ1) is 6.84. The van der Waals surface area contributed by atoms with Crippen LogP contribution in [0.1, 0.15) is 0 Å². The lowest BCUT2D eigenvalue weighted by Gasteiger charge is -2.02. The average molecular weight is 161 g/mol. The molecule has 2 unspecified atom stereocenters. The molecule has 10 heavy (non-hydrogen) atoms. The van der Waals surface area contributed by atoms with Crippen molar-refractivity contribution in [2.24, 2.45) is 11.8 Å². The van der Waals surface area contributed by atoms with Gasteiger partial charge in [0.1, 0.15) is 0 Å². The Morgan fingerprint density at radius 2 is 1.80 bits per heavy atom. The second-order valence-corrected chi connectivity index (χ2v) is 5.81. The van der Waals surface area contributed by atoms with Gasteiger partial charge in [0.05, 0.1) is 0 Å². The van der Waals surface area contributed by atoms with Gasteiger partial charge in [-0.25, -0.2) is 0 Å². The fourth-order valence-electron chi connectivity index (χ4n) is 2.02. The van der Waals surface area contributed by atoms with Gasteiger partial charge >= 0.3 is 0 Å². The summed E-state index contributed by atoms with van der Waals surface area (Å²) in [5, 5.41) is 3.23. The van der Waals surface area contributed by atoms with Gasteiger partial charge in [0.25, 0.3) is 0 Å². The van der Waals surface area contributed by atoms with Crippen molar-refractivity contribution in [1.82, 2.24) is 5.32 Å². The zero-order chi connectivity index (χ0) is 7.19. The molecular weight excluding hydrogens is 149 g/mol. The van der Waals surface area contributed by atoms with Gasteiger partial charge in [-0.3, -0.25) is 4.57 Å². The zero-order valence-corrected chi connectivity index (χ0v) is 6.68. The molecule has 0 saturated carbocycles. The number of fused-ring (bicyclic) bond motifs is 1. The maximum atomic E-state index is 11.2. The van der Waals surface area contributed by atoms with Crippen LogP contribution in [0.2, 0.25) is 0 Å². The van der Waals surface area contributed by atoms with Gasteiger partial charge in [-0.05, 0) is 24.9 Å². The summed E-state index contributed by atoms with van der Waals surface area (Å²) in [6, 6.07) is 0. The predicted octanol–water partition coefficient (Wildman–Crippen LogP) is 0.106. The molecule has 0 amide bonds. The third kappa shape index (κ3) is 1.03. The summed E-state index contributed by atoms with van der Waals surface area (Å²) >= 11 is 0. The molecule has 2 fully saturated rings. The molecule has 0 spiro atoms. The molecule has 0 radical (unpaired) electrons. The molecule has 2 aliphatic rings. The monoisotopic (exact) mass is 161 g/mol. The summed E-state index contributed by atoms with van der Waals surface area (Å²) in [5.41, 5.74) is 0. The van der Waals surface area contributed by atoms with E-state index >= 15 is 0 Å². The highest BCUT2D eigenvalue weighted by atomic mass is 31.2. The third-order valence-electron chi connectivity index (χ3n) is 2.52. The first-order valence-corrected chi connectivity index (χ1v) is 5.72. The molecule has 2 aliphatic heterocycles. The molecule has 2 atom stereocenters. The van der Waals surface area contributed by atoms with E-state index in [1.54, 1.807) is 0 Å². The van der Waals surface area contributed by atoms with E-state index in [2.05, 4.69) is 5.32 Å². The quantitative estimate of drug-likeness (QED) is 0.495. The van der Waals surface area contributed by atoms with Crippen molar-refractivity contribution in [2.75, 3.05) is 25.4 Å². The summed E-state index contributed by atoms with van der Waals surface area (Å²) in [7, 11) is -2.66.